The van der Waals surface area contributed by atoms with Crippen molar-refractivity contribution in [3.63, 3.8) is 0 Å². The van der Waals surface area contributed by atoms with Crippen LogP contribution in [0.15, 0.2) is 18.2 Å². The highest BCUT2D eigenvalue weighted by Gasteiger charge is 2.24. The molecule has 0 aromatic heterocycles. The zero-order chi connectivity index (χ0) is 14.5. The molecule has 0 heterocycles. The molecule has 0 saturated heterocycles. The molecule has 20 heavy (non-hydrogen) atoms. The maximum atomic E-state index is 12.1. The molecule has 1 N–H and O–H groups in total. The SMILES string of the molecule is CCCN(CC(=O)Nc1cc(Cl)ccc1Cl)CC1CC1. The van der Waals surface area contributed by atoms with E-state index in [-0.39, 0.29) is 5.91 Å². The van der Waals surface area contributed by atoms with Crippen molar-refractivity contribution in [2.75, 3.05) is 25.0 Å². The summed E-state index contributed by atoms with van der Waals surface area (Å²) in [7, 11) is 0. The largest absolute Gasteiger partial charge is 0.324 e. The van der Waals surface area contributed by atoms with Gasteiger partial charge in [0.15, 0.2) is 0 Å². The highest BCUT2D eigenvalue weighted by Crippen LogP contribution is 2.30. The van der Waals surface area contributed by atoms with Crippen LogP contribution >= 0.6 is 23.2 Å². The maximum absolute atomic E-state index is 12.1. The summed E-state index contributed by atoms with van der Waals surface area (Å²) in [5.41, 5.74) is 0.576. The van der Waals surface area contributed by atoms with Gasteiger partial charge in [0.1, 0.15) is 0 Å². The van der Waals surface area contributed by atoms with E-state index in [1.807, 2.05) is 0 Å². The van der Waals surface area contributed by atoms with Gasteiger partial charge in [-0.25, -0.2) is 0 Å². The van der Waals surface area contributed by atoms with Crippen molar-refractivity contribution in [3.05, 3.63) is 28.2 Å². The molecule has 1 amide bonds. The van der Waals surface area contributed by atoms with Crippen molar-refractivity contribution in [1.82, 2.24) is 4.90 Å². The van der Waals surface area contributed by atoms with Gasteiger partial charge in [-0.1, -0.05) is 30.1 Å². The molecular weight excluding hydrogens is 295 g/mol. The van der Waals surface area contributed by atoms with Crippen LogP contribution in [0.25, 0.3) is 0 Å². The van der Waals surface area contributed by atoms with Crippen LogP contribution in [0.2, 0.25) is 10.0 Å². The molecule has 1 aliphatic carbocycles. The zero-order valence-electron chi connectivity index (χ0n) is 11.7. The number of benzene rings is 1. The molecule has 1 aromatic carbocycles. The predicted molar refractivity (Wildman–Crippen MR) is 84.5 cm³/mol. The second-order valence-corrected chi connectivity index (χ2v) is 6.19. The molecule has 0 spiro atoms. The van der Waals surface area contributed by atoms with E-state index in [0.29, 0.717) is 22.3 Å². The van der Waals surface area contributed by atoms with Crippen molar-refractivity contribution >= 4 is 34.8 Å². The Morgan fingerprint density at radius 3 is 2.80 bits per heavy atom. The number of nitrogens with zero attached hydrogens (tertiary/aromatic N) is 1. The van der Waals surface area contributed by atoms with Gasteiger partial charge in [-0.3, -0.25) is 9.69 Å². The highest BCUT2D eigenvalue weighted by molar-refractivity contribution is 6.35. The minimum Gasteiger partial charge on any atom is -0.324 e. The summed E-state index contributed by atoms with van der Waals surface area (Å²) in [6.45, 7) is 4.51. The fourth-order valence-electron chi connectivity index (χ4n) is 2.20. The fourth-order valence-corrected chi connectivity index (χ4v) is 2.54. The fraction of sp³-hybridized carbons (Fsp3) is 0.533. The molecule has 0 unspecified atom stereocenters. The predicted octanol–water partition coefficient (Wildman–Crippen LogP) is 4.05. The summed E-state index contributed by atoms with van der Waals surface area (Å²) in [5, 5.41) is 3.91. The Bertz CT molecular complexity index is 475. The maximum Gasteiger partial charge on any atom is 0.238 e. The van der Waals surface area contributed by atoms with Crippen molar-refractivity contribution in [2.45, 2.75) is 26.2 Å². The molecule has 2 rings (SSSR count). The van der Waals surface area contributed by atoms with Gasteiger partial charge in [-0.15, -0.1) is 0 Å². The van der Waals surface area contributed by atoms with E-state index in [1.54, 1.807) is 18.2 Å². The van der Waals surface area contributed by atoms with Crippen LogP contribution in [0, 0.1) is 5.92 Å². The topological polar surface area (TPSA) is 32.3 Å². The Morgan fingerprint density at radius 2 is 2.15 bits per heavy atom. The first-order chi connectivity index (χ1) is 9.58. The standard InChI is InChI=1S/C15H20Cl2N2O/c1-2-7-19(9-11-3-4-11)10-15(20)18-14-8-12(16)5-6-13(14)17/h5-6,8,11H,2-4,7,9-10H2,1H3,(H,18,20). The summed E-state index contributed by atoms with van der Waals surface area (Å²) >= 11 is 12.0. The average molecular weight is 315 g/mol. The van der Waals surface area contributed by atoms with Gasteiger partial charge >= 0.3 is 0 Å². The number of hydrogen-bond acceptors (Lipinski definition) is 2. The third-order valence-electron chi connectivity index (χ3n) is 3.32. The second-order valence-electron chi connectivity index (χ2n) is 5.35. The van der Waals surface area contributed by atoms with Crippen LogP contribution in [0.4, 0.5) is 5.69 Å². The van der Waals surface area contributed by atoms with E-state index in [9.17, 15) is 4.79 Å². The Kier molecular flexibility index (Phi) is 5.70. The zero-order valence-corrected chi connectivity index (χ0v) is 13.2. The molecular formula is C15H20Cl2N2O. The number of rotatable bonds is 7. The minimum atomic E-state index is -0.0386. The van der Waals surface area contributed by atoms with Crippen LogP contribution < -0.4 is 5.32 Å². The summed E-state index contributed by atoms with van der Waals surface area (Å²) in [5.74, 6) is 0.743. The number of hydrogen-bond donors (Lipinski definition) is 1. The molecule has 1 aliphatic rings. The number of halogens is 2. The molecule has 1 aromatic rings. The van der Waals surface area contributed by atoms with E-state index in [2.05, 4.69) is 17.1 Å². The lowest BCUT2D eigenvalue weighted by Gasteiger charge is -2.21. The summed E-state index contributed by atoms with van der Waals surface area (Å²) in [6.07, 6.45) is 3.64. The van der Waals surface area contributed by atoms with Crippen molar-refractivity contribution in [1.29, 1.82) is 0 Å². The van der Waals surface area contributed by atoms with Crippen LogP contribution in [-0.2, 0) is 4.79 Å². The molecule has 1 fully saturated rings. The van der Waals surface area contributed by atoms with E-state index < -0.39 is 0 Å². The average Bonchev–Trinajstić information content (AvgIpc) is 3.18. The molecule has 0 bridgehead atoms. The third-order valence-corrected chi connectivity index (χ3v) is 3.89. The van der Waals surface area contributed by atoms with Gasteiger partial charge in [0.05, 0.1) is 17.3 Å². The normalized spacial score (nSPS) is 14.6. The van der Waals surface area contributed by atoms with Crippen molar-refractivity contribution in [3.8, 4) is 0 Å². The summed E-state index contributed by atoms with van der Waals surface area (Å²) in [4.78, 5) is 14.3. The summed E-state index contributed by atoms with van der Waals surface area (Å²) in [6, 6.07) is 5.07. The monoisotopic (exact) mass is 314 g/mol. The molecule has 3 nitrogen and oxygen atoms in total. The smallest absolute Gasteiger partial charge is 0.238 e. The van der Waals surface area contributed by atoms with Gasteiger partial charge in [0.2, 0.25) is 5.91 Å². The number of carbonyl (C=O) groups is 1. The second kappa shape index (κ2) is 7.30. The first kappa shape index (κ1) is 15.6. The molecule has 110 valence electrons. The Hall–Kier alpha value is -0.770. The van der Waals surface area contributed by atoms with Crippen LogP contribution in [0.3, 0.4) is 0 Å². The first-order valence-electron chi connectivity index (χ1n) is 7.05. The lowest BCUT2D eigenvalue weighted by atomic mass is 10.3. The van der Waals surface area contributed by atoms with Gasteiger partial charge in [0, 0.05) is 11.6 Å². The lowest BCUT2D eigenvalue weighted by Crippen LogP contribution is -2.35. The van der Waals surface area contributed by atoms with Crippen LogP contribution in [-0.4, -0.2) is 30.4 Å². The van der Waals surface area contributed by atoms with E-state index >= 15 is 0 Å². The number of carbonyl (C=O) groups excluding carboxylic acids is 1. The minimum absolute atomic E-state index is 0.0386. The third kappa shape index (κ3) is 4.97. The summed E-state index contributed by atoms with van der Waals surface area (Å²) < 4.78 is 0. The van der Waals surface area contributed by atoms with Crippen LogP contribution in [0.1, 0.15) is 26.2 Å². The first-order valence-corrected chi connectivity index (χ1v) is 7.81. The molecule has 0 atom stereocenters. The number of anilines is 1. The molecule has 0 radical (unpaired) electrons. The van der Waals surface area contributed by atoms with Crippen molar-refractivity contribution in [2.24, 2.45) is 5.92 Å². The van der Waals surface area contributed by atoms with Gasteiger partial charge < -0.3 is 5.32 Å². The Morgan fingerprint density at radius 1 is 1.40 bits per heavy atom. The van der Waals surface area contributed by atoms with Gasteiger partial charge in [-0.2, -0.15) is 0 Å². The number of amides is 1. The van der Waals surface area contributed by atoms with Gasteiger partial charge in [-0.05, 0) is 49.9 Å². The molecule has 0 aliphatic heterocycles. The van der Waals surface area contributed by atoms with Gasteiger partial charge in [0.25, 0.3) is 0 Å². The Labute approximate surface area is 130 Å². The van der Waals surface area contributed by atoms with Crippen LogP contribution in [0.5, 0.6) is 0 Å². The molecule has 5 heteroatoms. The van der Waals surface area contributed by atoms with Crippen molar-refractivity contribution < 1.29 is 4.79 Å². The number of nitrogens with one attached hydrogen (secondary N) is 1. The quantitative estimate of drug-likeness (QED) is 0.823. The van der Waals surface area contributed by atoms with E-state index in [1.165, 1.54) is 12.8 Å². The highest BCUT2D eigenvalue weighted by atomic mass is 35.5. The lowest BCUT2D eigenvalue weighted by molar-refractivity contribution is -0.117. The Balaban J connectivity index is 1.90. The molecule has 1 saturated carbocycles. The van der Waals surface area contributed by atoms with E-state index in [0.717, 1.165) is 25.4 Å². The van der Waals surface area contributed by atoms with E-state index in [4.69, 9.17) is 23.2 Å².